The van der Waals surface area contributed by atoms with E-state index in [4.69, 9.17) is 14.2 Å². The number of ether oxygens (including phenoxy) is 3. The lowest BCUT2D eigenvalue weighted by atomic mass is 9.97. The van der Waals surface area contributed by atoms with Gasteiger partial charge in [-0.1, -0.05) is 0 Å². The van der Waals surface area contributed by atoms with Gasteiger partial charge in [-0.25, -0.2) is 0 Å². The molecule has 0 saturated heterocycles. The second kappa shape index (κ2) is 7.35. The highest BCUT2D eigenvalue weighted by molar-refractivity contribution is 9.10. The molecule has 1 heterocycles. The van der Waals surface area contributed by atoms with E-state index < -0.39 is 11.9 Å². The molecule has 0 aliphatic rings. The summed E-state index contributed by atoms with van der Waals surface area (Å²) >= 11 is 3.41. The van der Waals surface area contributed by atoms with Crippen molar-refractivity contribution in [1.29, 1.82) is 0 Å². The van der Waals surface area contributed by atoms with E-state index in [2.05, 4.69) is 21.0 Å². The zero-order chi connectivity index (χ0) is 14.5. The van der Waals surface area contributed by atoms with E-state index in [-0.39, 0.29) is 0 Å². The Bertz CT molecular complexity index is 391. The molecule has 0 aromatic carbocycles. The Hall–Kier alpha value is -0.470. The van der Waals surface area contributed by atoms with E-state index in [9.17, 15) is 5.11 Å². The summed E-state index contributed by atoms with van der Waals surface area (Å²) in [5.74, 6) is 0. The Labute approximate surface area is 121 Å². The first kappa shape index (κ1) is 16.6. The van der Waals surface area contributed by atoms with Gasteiger partial charge >= 0.3 is 0 Å². The second-order valence-electron chi connectivity index (χ2n) is 4.44. The van der Waals surface area contributed by atoms with E-state index in [1.54, 1.807) is 39.1 Å². The van der Waals surface area contributed by atoms with Crippen LogP contribution < -0.4 is 0 Å². The van der Waals surface area contributed by atoms with Crippen molar-refractivity contribution in [3.8, 4) is 0 Å². The van der Waals surface area contributed by atoms with Crippen LogP contribution in [0.1, 0.15) is 19.0 Å². The van der Waals surface area contributed by atoms with Crippen LogP contribution in [-0.4, -0.2) is 49.1 Å². The van der Waals surface area contributed by atoms with Gasteiger partial charge in [-0.05, 0) is 22.9 Å². The summed E-state index contributed by atoms with van der Waals surface area (Å²) in [6, 6.07) is 0. The quantitative estimate of drug-likeness (QED) is 0.729. The maximum atomic E-state index is 10.7. The normalized spacial score (nSPS) is 14.9. The summed E-state index contributed by atoms with van der Waals surface area (Å²) in [6.07, 6.45) is 1.48. The summed E-state index contributed by atoms with van der Waals surface area (Å²) in [5.41, 5.74) is -0.441. The fraction of sp³-hybridized carbons (Fsp3) is 0.750. The van der Waals surface area contributed by atoms with Crippen LogP contribution in [0.4, 0.5) is 0 Å². The van der Waals surface area contributed by atoms with Crippen molar-refractivity contribution in [1.82, 2.24) is 9.78 Å². The molecule has 19 heavy (non-hydrogen) atoms. The van der Waals surface area contributed by atoms with Crippen molar-refractivity contribution >= 4 is 15.9 Å². The van der Waals surface area contributed by atoms with Crippen molar-refractivity contribution in [2.45, 2.75) is 31.8 Å². The molecule has 1 unspecified atom stereocenters. The van der Waals surface area contributed by atoms with Gasteiger partial charge in [0.2, 0.25) is 0 Å². The molecule has 0 saturated carbocycles. The van der Waals surface area contributed by atoms with Gasteiger partial charge in [0, 0.05) is 27.8 Å². The smallest absolute Gasteiger partial charge is 0.159 e. The van der Waals surface area contributed by atoms with Crippen LogP contribution in [-0.2, 0) is 26.4 Å². The fourth-order valence-electron chi connectivity index (χ4n) is 1.93. The van der Waals surface area contributed by atoms with Gasteiger partial charge in [-0.2, -0.15) is 5.10 Å². The summed E-state index contributed by atoms with van der Waals surface area (Å²) in [6.45, 7) is 2.80. The number of halogens is 1. The maximum Gasteiger partial charge on any atom is 0.159 e. The second-order valence-corrected chi connectivity index (χ2v) is 5.29. The van der Waals surface area contributed by atoms with Crippen molar-refractivity contribution in [2.75, 3.05) is 27.9 Å². The molecule has 0 bridgehead atoms. The number of aliphatic hydroxyl groups is 1. The highest BCUT2D eigenvalue weighted by atomic mass is 79.9. The van der Waals surface area contributed by atoms with Crippen molar-refractivity contribution in [3.63, 3.8) is 0 Å². The Morgan fingerprint density at radius 2 is 2.05 bits per heavy atom. The summed E-state index contributed by atoms with van der Waals surface area (Å²) in [5, 5.41) is 14.9. The minimum Gasteiger partial charge on any atom is -0.384 e. The van der Waals surface area contributed by atoms with Gasteiger partial charge in [-0.3, -0.25) is 4.68 Å². The molecule has 1 aromatic heterocycles. The van der Waals surface area contributed by atoms with E-state index in [0.29, 0.717) is 25.3 Å². The largest absolute Gasteiger partial charge is 0.384 e. The Morgan fingerprint density at radius 3 is 2.58 bits per heavy atom. The van der Waals surface area contributed by atoms with Crippen LogP contribution in [0, 0.1) is 0 Å². The van der Waals surface area contributed by atoms with Crippen LogP contribution in [0.2, 0.25) is 0 Å². The molecule has 110 valence electrons. The van der Waals surface area contributed by atoms with Gasteiger partial charge in [0.1, 0.15) is 5.60 Å². The molecule has 1 atom stereocenters. The third-order valence-electron chi connectivity index (χ3n) is 2.90. The summed E-state index contributed by atoms with van der Waals surface area (Å²) in [7, 11) is 4.71. The van der Waals surface area contributed by atoms with Crippen LogP contribution >= 0.6 is 15.9 Å². The predicted molar refractivity (Wildman–Crippen MR) is 73.8 cm³/mol. The van der Waals surface area contributed by atoms with Crippen molar-refractivity contribution in [3.05, 3.63) is 16.4 Å². The molecule has 1 N–H and O–H groups in total. The Balaban J connectivity index is 2.95. The molecule has 0 spiro atoms. The third kappa shape index (κ3) is 4.25. The van der Waals surface area contributed by atoms with Crippen LogP contribution in [0.15, 0.2) is 10.7 Å². The fourth-order valence-corrected chi connectivity index (χ4v) is 2.65. The molecule has 0 amide bonds. The van der Waals surface area contributed by atoms with E-state index >= 15 is 0 Å². The number of aromatic nitrogens is 2. The zero-order valence-corrected chi connectivity index (χ0v) is 13.3. The molecule has 0 aliphatic heterocycles. The van der Waals surface area contributed by atoms with E-state index in [1.807, 2.05) is 0 Å². The van der Waals surface area contributed by atoms with Crippen molar-refractivity contribution in [2.24, 2.45) is 0 Å². The molecule has 1 aromatic rings. The molecule has 0 fully saturated rings. The van der Waals surface area contributed by atoms with Crippen molar-refractivity contribution < 1.29 is 19.3 Å². The highest BCUT2D eigenvalue weighted by Crippen LogP contribution is 2.32. The zero-order valence-electron chi connectivity index (χ0n) is 11.7. The standard InChI is InChI=1S/C12H21BrN2O4/c1-12(16,7-10(18-3)19-4)11-9(13)8-14-15(11)5-6-17-2/h8,10,16H,5-7H2,1-4H3. The van der Waals surface area contributed by atoms with Crippen LogP contribution in [0.5, 0.6) is 0 Å². The predicted octanol–water partition coefficient (Wildman–Crippen LogP) is 1.51. The number of nitrogens with zero attached hydrogens (tertiary/aromatic N) is 2. The average Bonchev–Trinajstić information content (AvgIpc) is 2.75. The first-order valence-corrected chi connectivity index (χ1v) is 6.74. The molecular formula is C12H21BrN2O4. The molecule has 7 heteroatoms. The van der Waals surface area contributed by atoms with Crippen LogP contribution in [0.3, 0.4) is 0 Å². The number of rotatable bonds is 8. The summed E-state index contributed by atoms with van der Waals surface area (Å²) in [4.78, 5) is 0. The lowest BCUT2D eigenvalue weighted by molar-refractivity contribution is -0.143. The van der Waals surface area contributed by atoms with Gasteiger partial charge in [0.15, 0.2) is 6.29 Å². The molecule has 1 rings (SSSR count). The number of hydrogen-bond acceptors (Lipinski definition) is 5. The molecular weight excluding hydrogens is 316 g/mol. The lowest BCUT2D eigenvalue weighted by Gasteiger charge is -2.28. The Morgan fingerprint density at radius 1 is 1.42 bits per heavy atom. The lowest BCUT2D eigenvalue weighted by Crippen LogP contribution is -2.32. The monoisotopic (exact) mass is 336 g/mol. The first-order chi connectivity index (χ1) is 8.96. The van der Waals surface area contributed by atoms with Gasteiger partial charge < -0.3 is 19.3 Å². The molecule has 0 radical (unpaired) electrons. The first-order valence-electron chi connectivity index (χ1n) is 5.95. The molecule has 6 nitrogen and oxygen atoms in total. The minimum absolute atomic E-state index is 0.303. The maximum absolute atomic E-state index is 10.7. The average molecular weight is 337 g/mol. The Kier molecular flexibility index (Phi) is 6.41. The van der Waals surface area contributed by atoms with Gasteiger partial charge in [-0.15, -0.1) is 0 Å². The van der Waals surface area contributed by atoms with Crippen LogP contribution in [0.25, 0.3) is 0 Å². The SMILES string of the molecule is COCCn1ncc(Br)c1C(C)(O)CC(OC)OC. The number of methoxy groups -OCH3 is 3. The van der Waals surface area contributed by atoms with Gasteiger partial charge in [0.05, 0.1) is 29.5 Å². The third-order valence-corrected chi connectivity index (χ3v) is 3.48. The molecule has 0 aliphatic carbocycles. The number of hydrogen-bond donors (Lipinski definition) is 1. The topological polar surface area (TPSA) is 65.7 Å². The highest BCUT2D eigenvalue weighted by Gasteiger charge is 2.33. The summed E-state index contributed by atoms with van der Waals surface area (Å²) < 4.78 is 17.8. The minimum atomic E-state index is -1.13. The van der Waals surface area contributed by atoms with E-state index in [0.717, 1.165) is 4.47 Å². The van der Waals surface area contributed by atoms with E-state index in [1.165, 1.54) is 0 Å². The van der Waals surface area contributed by atoms with Gasteiger partial charge in [0.25, 0.3) is 0 Å².